The van der Waals surface area contributed by atoms with E-state index in [0.29, 0.717) is 18.0 Å². The number of rotatable bonds is 6. The molecule has 1 aliphatic rings. The van der Waals surface area contributed by atoms with E-state index < -0.39 is 6.10 Å². The average molecular weight is 264 g/mol. The van der Waals surface area contributed by atoms with E-state index in [1.807, 2.05) is 25.1 Å². The standard InChI is InChI=1S/C15H24N2O2/c1-2-19-15-6-5-12(11-13(15)16)14(18)7-10-17-8-3-4-9-17/h5-6,11,14,18H,2-4,7-10,16H2,1H3. The zero-order valence-electron chi connectivity index (χ0n) is 11.6. The van der Waals surface area contributed by atoms with Gasteiger partial charge in [0.2, 0.25) is 0 Å². The van der Waals surface area contributed by atoms with E-state index in [9.17, 15) is 5.11 Å². The van der Waals surface area contributed by atoms with Gasteiger partial charge in [-0.15, -0.1) is 0 Å². The molecule has 1 unspecified atom stereocenters. The highest BCUT2D eigenvalue weighted by molar-refractivity contribution is 5.54. The third-order valence-corrected chi connectivity index (χ3v) is 3.64. The Kier molecular flexibility index (Phi) is 5.05. The SMILES string of the molecule is CCOc1ccc(C(O)CCN2CCCC2)cc1N. The van der Waals surface area contributed by atoms with Crippen molar-refractivity contribution < 1.29 is 9.84 Å². The Morgan fingerprint density at radius 3 is 2.74 bits per heavy atom. The monoisotopic (exact) mass is 264 g/mol. The number of aliphatic hydroxyl groups excluding tert-OH is 1. The van der Waals surface area contributed by atoms with Crippen molar-refractivity contribution in [2.24, 2.45) is 0 Å². The summed E-state index contributed by atoms with van der Waals surface area (Å²) in [5, 5.41) is 10.2. The maximum atomic E-state index is 10.2. The quantitative estimate of drug-likeness (QED) is 0.773. The molecule has 1 aromatic rings. The molecular weight excluding hydrogens is 240 g/mol. The van der Waals surface area contributed by atoms with Gasteiger partial charge in [0, 0.05) is 6.54 Å². The number of nitrogens with two attached hydrogens (primary N) is 1. The van der Waals surface area contributed by atoms with Crippen LogP contribution in [0.5, 0.6) is 5.75 Å². The summed E-state index contributed by atoms with van der Waals surface area (Å²) in [5.41, 5.74) is 7.39. The molecule has 0 aliphatic carbocycles. The van der Waals surface area contributed by atoms with Crippen LogP contribution in [0.2, 0.25) is 0 Å². The molecule has 0 amide bonds. The number of anilines is 1. The molecule has 0 saturated carbocycles. The van der Waals surface area contributed by atoms with E-state index in [2.05, 4.69) is 4.90 Å². The van der Waals surface area contributed by atoms with Crippen LogP contribution >= 0.6 is 0 Å². The molecule has 0 aromatic heterocycles. The first-order chi connectivity index (χ1) is 9.20. The van der Waals surface area contributed by atoms with E-state index in [0.717, 1.165) is 31.6 Å². The van der Waals surface area contributed by atoms with Gasteiger partial charge in [0.15, 0.2) is 0 Å². The zero-order chi connectivity index (χ0) is 13.7. The van der Waals surface area contributed by atoms with Gasteiger partial charge >= 0.3 is 0 Å². The Morgan fingerprint density at radius 2 is 2.11 bits per heavy atom. The van der Waals surface area contributed by atoms with Gasteiger partial charge in [0.05, 0.1) is 18.4 Å². The third kappa shape index (κ3) is 3.85. The fraction of sp³-hybridized carbons (Fsp3) is 0.600. The lowest BCUT2D eigenvalue weighted by molar-refractivity contribution is 0.149. The Bertz CT molecular complexity index is 403. The molecule has 1 heterocycles. The number of likely N-dealkylation sites (tertiary alicyclic amines) is 1. The van der Waals surface area contributed by atoms with Crippen molar-refractivity contribution in [1.82, 2.24) is 4.90 Å². The van der Waals surface area contributed by atoms with Crippen LogP contribution in [0.1, 0.15) is 37.9 Å². The first-order valence-electron chi connectivity index (χ1n) is 7.13. The third-order valence-electron chi connectivity index (χ3n) is 3.64. The first-order valence-corrected chi connectivity index (χ1v) is 7.13. The number of hydrogen-bond donors (Lipinski definition) is 2. The molecule has 2 rings (SSSR count). The molecule has 106 valence electrons. The van der Waals surface area contributed by atoms with E-state index in [1.165, 1.54) is 12.8 Å². The molecule has 1 atom stereocenters. The van der Waals surface area contributed by atoms with Gasteiger partial charge < -0.3 is 20.5 Å². The molecule has 1 fully saturated rings. The number of aliphatic hydroxyl groups is 1. The summed E-state index contributed by atoms with van der Waals surface area (Å²) >= 11 is 0. The van der Waals surface area contributed by atoms with Crippen LogP contribution in [0, 0.1) is 0 Å². The van der Waals surface area contributed by atoms with Gasteiger partial charge in [-0.3, -0.25) is 0 Å². The van der Waals surface area contributed by atoms with E-state index >= 15 is 0 Å². The number of hydrogen-bond acceptors (Lipinski definition) is 4. The van der Waals surface area contributed by atoms with Gasteiger partial charge in [0.1, 0.15) is 5.75 Å². The van der Waals surface area contributed by atoms with Crippen LogP contribution in [-0.4, -0.2) is 36.2 Å². The molecule has 4 heteroatoms. The van der Waals surface area contributed by atoms with E-state index in [-0.39, 0.29) is 0 Å². The minimum atomic E-state index is -0.446. The van der Waals surface area contributed by atoms with Gasteiger partial charge in [-0.05, 0) is 57.0 Å². The molecule has 4 nitrogen and oxygen atoms in total. The predicted octanol–water partition coefficient (Wildman–Crippen LogP) is 2.19. The summed E-state index contributed by atoms with van der Waals surface area (Å²) in [4.78, 5) is 2.40. The van der Waals surface area contributed by atoms with Gasteiger partial charge in [-0.25, -0.2) is 0 Å². The van der Waals surface area contributed by atoms with Crippen LogP contribution in [0.4, 0.5) is 5.69 Å². The number of nitrogens with zero attached hydrogens (tertiary/aromatic N) is 1. The lowest BCUT2D eigenvalue weighted by Gasteiger charge is -2.18. The molecule has 0 bridgehead atoms. The summed E-state index contributed by atoms with van der Waals surface area (Å²) in [6, 6.07) is 5.56. The van der Waals surface area contributed by atoms with E-state index in [4.69, 9.17) is 10.5 Å². The Morgan fingerprint density at radius 1 is 1.37 bits per heavy atom. The van der Waals surface area contributed by atoms with Crippen molar-refractivity contribution >= 4 is 5.69 Å². The summed E-state index contributed by atoms with van der Waals surface area (Å²) in [5.74, 6) is 0.693. The second kappa shape index (κ2) is 6.78. The maximum Gasteiger partial charge on any atom is 0.142 e. The fourth-order valence-electron chi connectivity index (χ4n) is 2.54. The molecule has 3 N–H and O–H groups in total. The van der Waals surface area contributed by atoms with Crippen molar-refractivity contribution in [3.8, 4) is 5.75 Å². The number of benzene rings is 1. The zero-order valence-corrected chi connectivity index (χ0v) is 11.6. The Hall–Kier alpha value is -1.26. The highest BCUT2D eigenvalue weighted by Crippen LogP contribution is 2.27. The summed E-state index contributed by atoms with van der Waals surface area (Å²) in [7, 11) is 0. The highest BCUT2D eigenvalue weighted by atomic mass is 16.5. The summed E-state index contributed by atoms with van der Waals surface area (Å²) < 4.78 is 5.40. The Labute approximate surface area is 115 Å². The van der Waals surface area contributed by atoms with Crippen molar-refractivity contribution in [1.29, 1.82) is 0 Å². The minimum Gasteiger partial charge on any atom is -0.492 e. The van der Waals surface area contributed by atoms with Crippen LogP contribution in [0.15, 0.2) is 18.2 Å². The molecule has 1 saturated heterocycles. The van der Waals surface area contributed by atoms with Crippen molar-refractivity contribution in [3.05, 3.63) is 23.8 Å². The molecule has 1 aliphatic heterocycles. The second-order valence-electron chi connectivity index (χ2n) is 5.08. The van der Waals surface area contributed by atoms with Gasteiger partial charge in [-0.2, -0.15) is 0 Å². The normalized spacial score (nSPS) is 17.6. The van der Waals surface area contributed by atoms with Crippen LogP contribution in [0.25, 0.3) is 0 Å². The van der Waals surface area contributed by atoms with Crippen molar-refractivity contribution in [2.75, 3.05) is 32.0 Å². The minimum absolute atomic E-state index is 0.446. The summed E-state index contributed by atoms with van der Waals surface area (Å²) in [6.45, 7) is 5.81. The van der Waals surface area contributed by atoms with E-state index in [1.54, 1.807) is 0 Å². The Balaban J connectivity index is 1.90. The number of ether oxygens (including phenoxy) is 1. The predicted molar refractivity (Wildman–Crippen MR) is 77.3 cm³/mol. The van der Waals surface area contributed by atoms with Crippen molar-refractivity contribution in [3.63, 3.8) is 0 Å². The molecule has 19 heavy (non-hydrogen) atoms. The van der Waals surface area contributed by atoms with Gasteiger partial charge in [0.25, 0.3) is 0 Å². The average Bonchev–Trinajstić information content (AvgIpc) is 2.91. The second-order valence-corrected chi connectivity index (χ2v) is 5.08. The molecular formula is C15H24N2O2. The molecule has 0 radical (unpaired) electrons. The lowest BCUT2D eigenvalue weighted by atomic mass is 10.1. The van der Waals surface area contributed by atoms with Crippen LogP contribution in [-0.2, 0) is 0 Å². The largest absolute Gasteiger partial charge is 0.492 e. The number of nitrogen functional groups attached to an aromatic ring is 1. The maximum absolute atomic E-state index is 10.2. The van der Waals surface area contributed by atoms with Crippen LogP contribution in [0.3, 0.4) is 0 Å². The van der Waals surface area contributed by atoms with Crippen molar-refractivity contribution in [2.45, 2.75) is 32.3 Å². The highest BCUT2D eigenvalue weighted by Gasteiger charge is 2.15. The topological polar surface area (TPSA) is 58.7 Å². The molecule has 1 aromatic carbocycles. The van der Waals surface area contributed by atoms with Crippen LogP contribution < -0.4 is 10.5 Å². The fourth-order valence-corrected chi connectivity index (χ4v) is 2.54. The molecule has 0 spiro atoms. The first kappa shape index (κ1) is 14.2. The van der Waals surface area contributed by atoms with Gasteiger partial charge in [-0.1, -0.05) is 6.07 Å². The smallest absolute Gasteiger partial charge is 0.142 e. The lowest BCUT2D eigenvalue weighted by Crippen LogP contribution is -2.22. The summed E-state index contributed by atoms with van der Waals surface area (Å²) in [6.07, 6.45) is 2.88.